The van der Waals surface area contributed by atoms with Gasteiger partial charge in [0.1, 0.15) is 27.9 Å². The number of rotatable bonds is 4. The number of nitrogens with one attached hydrogen (secondary N) is 1. The summed E-state index contributed by atoms with van der Waals surface area (Å²) >= 11 is 0. The van der Waals surface area contributed by atoms with Gasteiger partial charge in [0.2, 0.25) is 0 Å². The summed E-state index contributed by atoms with van der Waals surface area (Å²) in [6, 6.07) is 5.63. The molecule has 0 bridgehead atoms. The van der Waals surface area contributed by atoms with Crippen LogP contribution in [0.2, 0.25) is 0 Å². The second-order valence-electron chi connectivity index (χ2n) is 7.12. The third-order valence-electron chi connectivity index (χ3n) is 5.12. The number of sulfone groups is 1. The van der Waals surface area contributed by atoms with Crippen molar-refractivity contribution in [1.29, 1.82) is 0 Å². The van der Waals surface area contributed by atoms with E-state index in [1.54, 1.807) is 0 Å². The van der Waals surface area contributed by atoms with E-state index in [1.165, 1.54) is 31.2 Å². The lowest BCUT2D eigenvalue weighted by molar-refractivity contribution is 0.102. The summed E-state index contributed by atoms with van der Waals surface area (Å²) in [5, 5.41) is 2.57. The highest BCUT2D eigenvalue weighted by Crippen LogP contribution is 2.37. The maximum atomic E-state index is 14.4. The number of amidine groups is 1. The number of carbonyl (C=O) groups is 1. The number of anilines is 1. The van der Waals surface area contributed by atoms with Crippen molar-refractivity contribution in [2.45, 2.75) is 30.6 Å². The van der Waals surface area contributed by atoms with Crippen LogP contribution in [0.25, 0.3) is 0 Å². The molecule has 154 valence electrons. The van der Waals surface area contributed by atoms with Crippen LogP contribution in [0.5, 0.6) is 0 Å². The van der Waals surface area contributed by atoms with E-state index in [2.05, 4.69) is 15.3 Å². The van der Waals surface area contributed by atoms with Crippen molar-refractivity contribution in [3.63, 3.8) is 0 Å². The second-order valence-corrected chi connectivity index (χ2v) is 9.57. The molecule has 2 aromatic rings. The largest absolute Gasteiger partial charge is 0.386 e. The first-order valence-corrected chi connectivity index (χ1v) is 10.7. The fourth-order valence-electron chi connectivity index (χ4n) is 3.09. The van der Waals surface area contributed by atoms with E-state index in [4.69, 9.17) is 5.73 Å². The molecule has 1 aliphatic rings. The Morgan fingerprint density at radius 1 is 1.28 bits per heavy atom. The average molecular weight is 422 g/mol. The number of amides is 1. The molecule has 0 fully saturated rings. The summed E-state index contributed by atoms with van der Waals surface area (Å²) in [6.45, 7) is 1.50. The Morgan fingerprint density at radius 2 is 2.00 bits per heavy atom. The number of aliphatic imine (C=N–C) groups is 1. The molecule has 1 aliphatic heterocycles. The van der Waals surface area contributed by atoms with Crippen LogP contribution in [-0.4, -0.2) is 36.1 Å². The SMILES string of the molecule is CC1(S(C)(=O)=O)CCC(c2cc(NC(=O)c3ccc(F)cn3)ccc2F)N=C1N. The van der Waals surface area contributed by atoms with Gasteiger partial charge >= 0.3 is 0 Å². The summed E-state index contributed by atoms with van der Waals surface area (Å²) in [4.78, 5) is 20.2. The quantitative estimate of drug-likeness (QED) is 0.786. The highest BCUT2D eigenvalue weighted by atomic mass is 32.2. The lowest BCUT2D eigenvalue weighted by Crippen LogP contribution is -2.49. The van der Waals surface area contributed by atoms with Crippen LogP contribution in [0.3, 0.4) is 0 Å². The number of aromatic nitrogens is 1. The smallest absolute Gasteiger partial charge is 0.274 e. The van der Waals surface area contributed by atoms with Gasteiger partial charge < -0.3 is 11.1 Å². The Hall–Kier alpha value is -2.88. The molecular weight excluding hydrogens is 402 g/mol. The van der Waals surface area contributed by atoms with Crippen molar-refractivity contribution in [3.05, 3.63) is 59.4 Å². The molecule has 7 nitrogen and oxygen atoms in total. The molecule has 2 atom stereocenters. The molecule has 0 aliphatic carbocycles. The number of nitrogens with zero attached hydrogens (tertiary/aromatic N) is 2. The zero-order valence-corrected chi connectivity index (χ0v) is 16.6. The molecule has 0 saturated heterocycles. The predicted molar refractivity (Wildman–Crippen MR) is 105 cm³/mol. The third kappa shape index (κ3) is 4.12. The summed E-state index contributed by atoms with van der Waals surface area (Å²) in [5.74, 6) is -1.77. The van der Waals surface area contributed by atoms with Gasteiger partial charge in [0.05, 0.1) is 12.2 Å². The van der Waals surface area contributed by atoms with Gasteiger partial charge in [0, 0.05) is 17.5 Å². The monoisotopic (exact) mass is 422 g/mol. The van der Waals surface area contributed by atoms with Crippen molar-refractivity contribution >= 4 is 27.3 Å². The Morgan fingerprint density at radius 3 is 2.59 bits per heavy atom. The van der Waals surface area contributed by atoms with E-state index in [9.17, 15) is 22.0 Å². The van der Waals surface area contributed by atoms with E-state index in [-0.39, 0.29) is 29.9 Å². The van der Waals surface area contributed by atoms with Crippen LogP contribution >= 0.6 is 0 Å². The number of halogens is 2. The zero-order chi connectivity index (χ0) is 21.4. The van der Waals surface area contributed by atoms with Crippen LogP contribution in [0, 0.1) is 11.6 Å². The van der Waals surface area contributed by atoms with E-state index in [0.29, 0.717) is 5.69 Å². The normalized spacial score (nSPS) is 22.1. The minimum atomic E-state index is -3.49. The molecule has 2 unspecified atom stereocenters. The molecule has 1 aromatic carbocycles. The van der Waals surface area contributed by atoms with E-state index in [0.717, 1.165) is 18.5 Å². The zero-order valence-electron chi connectivity index (χ0n) is 15.8. The van der Waals surface area contributed by atoms with Gasteiger partial charge in [-0.2, -0.15) is 0 Å². The van der Waals surface area contributed by atoms with Gasteiger partial charge in [-0.05, 0) is 50.1 Å². The van der Waals surface area contributed by atoms with Crippen LogP contribution in [-0.2, 0) is 9.84 Å². The molecule has 1 amide bonds. The average Bonchev–Trinajstić information content (AvgIpc) is 2.65. The molecule has 2 heterocycles. The number of carbonyl (C=O) groups excluding carboxylic acids is 1. The molecule has 10 heteroatoms. The maximum Gasteiger partial charge on any atom is 0.274 e. The van der Waals surface area contributed by atoms with E-state index < -0.39 is 38.2 Å². The topological polar surface area (TPSA) is 115 Å². The summed E-state index contributed by atoms with van der Waals surface area (Å²) in [7, 11) is -3.49. The minimum absolute atomic E-state index is 0.00104. The number of pyridine rings is 1. The summed E-state index contributed by atoms with van der Waals surface area (Å²) in [5.41, 5.74) is 6.41. The van der Waals surface area contributed by atoms with Crippen LogP contribution in [0.15, 0.2) is 41.5 Å². The maximum absolute atomic E-state index is 14.4. The second kappa shape index (κ2) is 7.51. The summed E-state index contributed by atoms with van der Waals surface area (Å²) < 4.78 is 50.2. The van der Waals surface area contributed by atoms with Gasteiger partial charge in [0.25, 0.3) is 5.91 Å². The first kappa shape index (κ1) is 20.8. The predicted octanol–water partition coefficient (Wildman–Crippen LogP) is 2.61. The molecule has 0 radical (unpaired) electrons. The highest BCUT2D eigenvalue weighted by Gasteiger charge is 2.43. The fourth-order valence-corrected chi connectivity index (χ4v) is 4.01. The number of hydrogen-bond acceptors (Lipinski definition) is 6. The number of benzene rings is 1. The van der Waals surface area contributed by atoms with E-state index in [1.807, 2.05) is 0 Å². The van der Waals surface area contributed by atoms with E-state index >= 15 is 0 Å². The van der Waals surface area contributed by atoms with Crippen molar-refractivity contribution in [3.8, 4) is 0 Å². The van der Waals surface area contributed by atoms with Crippen molar-refractivity contribution < 1.29 is 22.0 Å². The number of nitrogens with two attached hydrogens (primary N) is 1. The number of hydrogen-bond donors (Lipinski definition) is 2. The third-order valence-corrected chi connectivity index (χ3v) is 7.17. The fraction of sp³-hybridized carbons (Fsp3) is 0.316. The molecule has 29 heavy (non-hydrogen) atoms. The summed E-state index contributed by atoms with van der Waals surface area (Å²) in [6.07, 6.45) is 2.48. The first-order chi connectivity index (χ1) is 13.5. The van der Waals surface area contributed by atoms with Crippen molar-refractivity contribution in [1.82, 2.24) is 4.98 Å². The molecule has 0 spiro atoms. The van der Waals surface area contributed by atoms with Crippen LogP contribution in [0.1, 0.15) is 41.9 Å². The molecule has 3 rings (SSSR count). The van der Waals surface area contributed by atoms with Gasteiger partial charge in [-0.1, -0.05) is 0 Å². The lowest BCUT2D eigenvalue weighted by Gasteiger charge is -2.33. The van der Waals surface area contributed by atoms with Gasteiger partial charge in [-0.25, -0.2) is 22.2 Å². The van der Waals surface area contributed by atoms with Crippen molar-refractivity contribution in [2.24, 2.45) is 10.7 Å². The van der Waals surface area contributed by atoms with Gasteiger partial charge in [-0.3, -0.25) is 9.79 Å². The van der Waals surface area contributed by atoms with Crippen molar-refractivity contribution in [2.75, 3.05) is 11.6 Å². The Balaban J connectivity index is 1.87. The molecular formula is C19H20F2N4O3S. The Kier molecular flexibility index (Phi) is 5.40. The van der Waals surface area contributed by atoms with Gasteiger partial charge in [-0.15, -0.1) is 0 Å². The lowest BCUT2D eigenvalue weighted by atomic mass is 9.91. The van der Waals surface area contributed by atoms with Crippen LogP contribution in [0.4, 0.5) is 14.5 Å². The molecule has 3 N–H and O–H groups in total. The Bertz CT molecular complexity index is 1090. The highest BCUT2D eigenvalue weighted by molar-refractivity contribution is 7.92. The Labute approximate surface area is 167 Å². The van der Waals surface area contributed by atoms with Crippen LogP contribution < -0.4 is 11.1 Å². The first-order valence-electron chi connectivity index (χ1n) is 8.77. The minimum Gasteiger partial charge on any atom is -0.386 e. The molecule has 1 aromatic heterocycles. The standard InChI is InChI=1S/C19H20F2N4O3S/c1-19(29(2,27)28)8-7-15(25-18(19)22)13-9-12(4-5-14(13)21)24-17(26)16-6-3-11(20)10-23-16/h3-6,9-10,15H,7-8H2,1-2H3,(H2,22,25)(H,24,26). The molecule has 0 saturated carbocycles. The van der Waals surface area contributed by atoms with Gasteiger partial charge in [0.15, 0.2) is 9.84 Å².